The summed E-state index contributed by atoms with van der Waals surface area (Å²) < 4.78 is 5.50. The highest BCUT2D eigenvalue weighted by atomic mass is 32.1. The Morgan fingerprint density at radius 1 is 1.09 bits per heavy atom. The van der Waals surface area contributed by atoms with E-state index in [1.165, 1.54) is 30.3 Å². The van der Waals surface area contributed by atoms with Crippen LogP contribution in [0.4, 0.5) is 11.4 Å². The third-order valence-electron chi connectivity index (χ3n) is 5.08. The lowest BCUT2D eigenvalue weighted by Gasteiger charge is -2.28. The summed E-state index contributed by atoms with van der Waals surface area (Å²) in [5, 5.41) is 15.3. The first-order valence-corrected chi connectivity index (χ1v) is 10.7. The van der Waals surface area contributed by atoms with Crippen molar-refractivity contribution in [3.8, 4) is 5.75 Å². The van der Waals surface area contributed by atoms with Crippen molar-refractivity contribution in [3.63, 3.8) is 0 Å². The van der Waals surface area contributed by atoms with E-state index in [0.29, 0.717) is 27.6 Å². The number of thiophene rings is 1. The molecule has 8 heteroatoms. The van der Waals surface area contributed by atoms with E-state index in [-0.39, 0.29) is 11.5 Å². The number of anilines is 2. The summed E-state index contributed by atoms with van der Waals surface area (Å²) in [5.41, 5.74) is 1.43. The lowest BCUT2D eigenvalue weighted by molar-refractivity contribution is -0.117. The van der Waals surface area contributed by atoms with E-state index >= 15 is 0 Å². The summed E-state index contributed by atoms with van der Waals surface area (Å²) in [4.78, 5) is 39.9. The van der Waals surface area contributed by atoms with Gasteiger partial charge in [0.2, 0.25) is 11.7 Å². The third kappa shape index (κ3) is 3.76. The van der Waals surface area contributed by atoms with Crippen LogP contribution in [0.1, 0.15) is 28.2 Å². The molecular weight excluding hydrogens is 428 g/mol. The molecule has 0 saturated carbocycles. The zero-order chi connectivity index (χ0) is 22.8. The summed E-state index contributed by atoms with van der Waals surface area (Å²) in [5.74, 6) is -1.53. The number of hydrogen-bond acceptors (Lipinski definition) is 6. The Morgan fingerprint density at radius 2 is 1.88 bits per heavy atom. The van der Waals surface area contributed by atoms with Crippen LogP contribution < -0.4 is 15.0 Å². The highest BCUT2D eigenvalue weighted by molar-refractivity contribution is 7.12. The van der Waals surface area contributed by atoms with Crippen molar-refractivity contribution in [2.24, 2.45) is 0 Å². The van der Waals surface area contributed by atoms with Crippen molar-refractivity contribution in [3.05, 3.63) is 87.8 Å². The zero-order valence-electron chi connectivity index (χ0n) is 17.4. The fourth-order valence-electron chi connectivity index (χ4n) is 3.77. The Balaban J connectivity index is 1.89. The normalized spacial score (nSPS) is 15.8. The van der Waals surface area contributed by atoms with E-state index in [0.717, 1.165) is 0 Å². The molecule has 7 nitrogen and oxygen atoms in total. The molecule has 4 rings (SSSR count). The number of ketones is 1. The van der Waals surface area contributed by atoms with E-state index < -0.39 is 23.5 Å². The molecule has 0 radical (unpaired) electrons. The number of methoxy groups -OCH3 is 1. The molecule has 2 N–H and O–H groups in total. The minimum atomic E-state index is -0.916. The number of nitrogens with zero attached hydrogens (tertiary/aromatic N) is 1. The molecule has 0 spiro atoms. The van der Waals surface area contributed by atoms with Crippen LogP contribution in [0.15, 0.2) is 77.4 Å². The number of carbonyl (C=O) groups excluding carboxylic acids is 3. The number of amides is 2. The number of carbonyl (C=O) groups is 3. The largest absolute Gasteiger partial charge is 0.503 e. The number of benzene rings is 2. The Labute approximate surface area is 188 Å². The predicted molar refractivity (Wildman–Crippen MR) is 122 cm³/mol. The second kappa shape index (κ2) is 8.68. The molecule has 2 aromatic carbocycles. The molecular formula is C24H20N2O5S. The van der Waals surface area contributed by atoms with Gasteiger partial charge in [0.1, 0.15) is 5.75 Å². The van der Waals surface area contributed by atoms with Gasteiger partial charge in [-0.2, -0.15) is 0 Å². The molecule has 0 fully saturated rings. The van der Waals surface area contributed by atoms with Crippen molar-refractivity contribution in [1.29, 1.82) is 0 Å². The van der Waals surface area contributed by atoms with Crippen LogP contribution in [0, 0.1) is 0 Å². The molecule has 2 amide bonds. The van der Waals surface area contributed by atoms with E-state index in [2.05, 4.69) is 5.32 Å². The first-order valence-electron chi connectivity index (χ1n) is 9.78. The van der Waals surface area contributed by atoms with E-state index in [1.54, 1.807) is 66.0 Å². The van der Waals surface area contributed by atoms with Gasteiger partial charge in [0.25, 0.3) is 5.91 Å². The quantitative estimate of drug-likeness (QED) is 0.542. The highest BCUT2D eigenvalue weighted by Crippen LogP contribution is 2.45. The molecule has 2 heterocycles. The molecule has 1 unspecified atom stereocenters. The van der Waals surface area contributed by atoms with E-state index in [1.807, 2.05) is 0 Å². The van der Waals surface area contributed by atoms with Crippen molar-refractivity contribution in [2.75, 3.05) is 17.3 Å². The Bertz CT molecular complexity index is 1230. The van der Waals surface area contributed by atoms with Gasteiger partial charge >= 0.3 is 0 Å². The van der Waals surface area contributed by atoms with Crippen LogP contribution in [0.25, 0.3) is 0 Å². The van der Waals surface area contributed by atoms with Crippen LogP contribution in [0.2, 0.25) is 0 Å². The Kier molecular flexibility index (Phi) is 5.79. The van der Waals surface area contributed by atoms with E-state index in [9.17, 15) is 19.5 Å². The summed E-state index contributed by atoms with van der Waals surface area (Å²) in [6, 6.07) is 16.2. The number of Topliss-reactive ketones (excluding diaryl/α,β-unsaturated/α-hetero) is 1. The van der Waals surface area contributed by atoms with Crippen LogP contribution in [0.3, 0.4) is 0 Å². The monoisotopic (exact) mass is 448 g/mol. The number of hydrogen-bond donors (Lipinski definition) is 2. The van der Waals surface area contributed by atoms with Crippen LogP contribution in [0.5, 0.6) is 5.75 Å². The average Bonchev–Trinajstić information content (AvgIpc) is 3.40. The minimum Gasteiger partial charge on any atom is -0.503 e. The number of rotatable bonds is 6. The summed E-state index contributed by atoms with van der Waals surface area (Å²) in [7, 11) is 1.50. The molecule has 162 valence electrons. The molecule has 1 aromatic heterocycles. The van der Waals surface area contributed by atoms with Gasteiger partial charge in [-0.15, -0.1) is 11.3 Å². The molecule has 1 aliphatic rings. The molecule has 0 saturated heterocycles. The predicted octanol–water partition coefficient (Wildman–Crippen LogP) is 4.50. The Hall–Kier alpha value is -3.91. The molecule has 0 aliphatic carbocycles. The zero-order valence-corrected chi connectivity index (χ0v) is 18.2. The average molecular weight is 449 g/mol. The van der Waals surface area contributed by atoms with Gasteiger partial charge in [-0.25, -0.2) is 0 Å². The Morgan fingerprint density at radius 3 is 2.56 bits per heavy atom. The van der Waals surface area contributed by atoms with Crippen molar-refractivity contribution in [1.82, 2.24) is 0 Å². The summed E-state index contributed by atoms with van der Waals surface area (Å²) in [6.45, 7) is 1.39. The number of nitrogens with one attached hydrogen (secondary N) is 1. The molecule has 32 heavy (non-hydrogen) atoms. The fraction of sp³-hybridized carbons (Fsp3) is 0.125. The van der Waals surface area contributed by atoms with E-state index in [4.69, 9.17) is 4.74 Å². The third-order valence-corrected chi connectivity index (χ3v) is 5.94. The summed E-state index contributed by atoms with van der Waals surface area (Å²) in [6.07, 6.45) is 0. The van der Waals surface area contributed by atoms with Crippen molar-refractivity contribution in [2.45, 2.75) is 13.0 Å². The fourth-order valence-corrected chi connectivity index (χ4v) is 4.45. The highest BCUT2D eigenvalue weighted by Gasteiger charge is 2.45. The SMILES string of the molecule is COc1ccccc1C1C(C(=O)c2cccs2)=C(O)C(=O)N1c1cccc(NC(C)=O)c1. The topological polar surface area (TPSA) is 95.9 Å². The number of ether oxygens (including phenoxy) is 1. The first-order chi connectivity index (χ1) is 15.4. The first kappa shape index (κ1) is 21.3. The number of aliphatic hydroxyl groups is 1. The van der Waals surface area contributed by atoms with Crippen LogP contribution in [-0.2, 0) is 9.59 Å². The van der Waals surface area contributed by atoms with Gasteiger partial charge in [0, 0.05) is 23.9 Å². The van der Waals surface area contributed by atoms with Crippen molar-refractivity contribution >= 4 is 40.3 Å². The maximum atomic E-state index is 13.4. The maximum absolute atomic E-state index is 13.4. The molecule has 1 aliphatic heterocycles. The van der Waals surface area contributed by atoms with Crippen LogP contribution >= 0.6 is 11.3 Å². The maximum Gasteiger partial charge on any atom is 0.294 e. The molecule has 0 bridgehead atoms. The van der Waals surface area contributed by atoms with Gasteiger partial charge in [0.15, 0.2) is 5.76 Å². The smallest absolute Gasteiger partial charge is 0.294 e. The number of para-hydroxylation sites is 1. The van der Waals surface area contributed by atoms with Gasteiger partial charge in [-0.1, -0.05) is 30.3 Å². The van der Waals surface area contributed by atoms with Gasteiger partial charge < -0.3 is 15.2 Å². The second-order valence-corrected chi connectivity index (χ2v) is 8.07. The molecule has 3 aromatic rings. The van der Waals surface area contributed by atoms with Gasteiger partial charge in [-0.3, -0.25) is 19.3 Å². The number of aliphatic hydroxyl groups excluding tert-OH is 1. The lowest BCUT2D eigenvalue weighted by atomic mass is 9.94. The lowest BCUT2D eigenvalue weighted by Crippen LogP contribution is -2.31. The second-order valence-electron chi connectivity index (χ2n) is 7.12. The van der Waals surface area contributed by atoms with Crippen molar-refractivity contribution < 1.29 is 24.2 Å². The standard InChI is InChI=1S/C24H20N2O5S/c1-14(27)25-15-7-5-8-16(13-15)26-21(17-9-3-4-10-18(17)31-2)20(23(29)24(26)30)22(28)19-11-6-12-32-19/h3-13,21,29H,1-2H3,(H,25,27). The van der Waals surface area contributed by atoms with Gasteiger partial charge in [-0.05, 0) is 35.7 Å². The summed E-state index contributed by atoms with van der Waals surface area (Å²) >= 11 is 1.23. The van der Waals surface area contributed by atoms with Gasteiger partial charge in [0.05, 0.1) is 23.6 Å². The molecule has 1 atom stereocenters. The van der Waals surface area contributed by atoms with Crippen LogP contribution in [-0.4, -0.2) is 29.8 Å². The minimum absolute atomic E-state index is 0.0214.